The molecular formula is C27H26Cl4N2O2. The van der Waals surface area contributed by atoms with Crippen molar-refractivity contribution >= 4 is 58.2 Å². The maximum atomic E-state index is 13.7. The largest absolute Gasteiger partial charge is 0.352 e. The van der Waals surface area contributed by atoms with Gasteiger partial charge in [0.2, 0.25) is 11.8 Å². The molecule has 0 aliphatic heterocycles. The Hall–Kier alpha value is -2.24. The van der Waals surface area contributed by atoms with Crippen LogP contribution in [0.3, 0.4) is 0 Å². The van der Waals surface area contributed by atoms with Crippen molar-refractivity contribution in [1.29, 1.82) is 0 Å². The molecule has 3 aromatic carbocycles. The number of hydrogen-bond donors (Lipinski definition) is 1. The van der Waals surface area contributed by atoms with Gasteiger partial charge in [0.15, 0.2) is 0 Å². The monoisotopic (exact) mass is 550 g/mol. The molecule has 4 nitrogen and oxygen atoms in total. The molecule has 184 valence electrons. The van der Waals surface area contributed by atoms with E-state index in [1.807, 2.05) is 44.2 Å². The highest BCUT2D eigenvalue weighted by molar-refractivity contribution is 6.42. The van der Waals surface area contributed by atoms with Gasteiger partial charge in [-0.15, -0.1) is 0 Å². The van der Waals surface area contributed by atoms with Gasteiger partial charge in [-0.25, -0.2) is 0 Å². The van der Waals surface area contributed by atoms with Gasteiger partial charge in [0.05, 0.1) is 16.5 Å². The molecule has 0 aliphatic rings. The van der Waals surface area contributed by atoms with Crippen LogP contribution in [-0.4, -0.2) is 28.8 Å². The van der Waals surface area contributed by atoms with Crippen LogP contribution in [0.1, 0.15) is 30.5 Å². The summed E-state index contributed by atoms with van der Waals surface area (Å²) >= 11 is 25.1. The molecule has 3 aromatic rings. The number of hydrogen-bond acceptors (Lipinski definition) is 2. The molecule has 0 heterocycles. The molecule has 0 saturated heterocycles. The minimum atomic E-state index is -0.789. The lowest BCUT2D eigenvalue weighted by Crippen LogP contribution is -2.52. The second-order valence-electron chi connectivity index (χ2n) is 8.52. The molecule has 8 heteroatoms. The summed E-state index contributed by atoms with van der Waals surface area (Å²) in [6.07, 6.45) is 0.355. The second-order valence-corrected chi connectivity index (χ2v) is 10.1. The molecule has 35 heavy (non-hydrogen) atoms. The lowest BCUT2D eigenvalue weighted by molar-refractivity contribution is -0.141. The predicted octanol–water partition coefficient (Wildman–Crippen LogP) is 7.01. The number of carbonyl (C=O) groups excluding carboxylic acids is 2. The molecule has 0 spiro atoms. The summed E-state index contributed by atoms with van der Waals surface area (Å²) in [5.74, 6) is -0.520. The molecule has 0 bridgehead atoms. The Bertz CT molecular complexity index is 1160. The average Bonchev–Trinajstić information content (AvgIpc) is 2.80. The van der Waals surface area contributed by atoms with Crippen molar-refractivity contribution in [3.8, 4) is 0 Å². The topological polar surface area (TPSA) is 49.4 Å². The summed E-state index contributed by atoms with van der Waals surface area (Å²) in [4.78, 5) is 28.7. The number of carbonyl (C=O) groups is 2. The van der Waals surface area contributed by atoms with Crippen LogP contribution in [0.25, 0.3) is 0 Å². The molecule has 0 aromatic heterocycles. The Kier molecular flexibility index (Phi) is 9.88. The van der Waals surface area contributed by atoms with E-state index in [1.165, 1.54) is 0 Å². The molecule has 3 rings (SSSR count). The smallest absolute Gasteiger partial charge is 0.243 e. The van der Waals surface area contributed by atoms with Crippen molar-refractivity contribution in [2.24, 2.45) is 0 Å². The zero-order valence-electron chi connectivity index (χ0n) is 19.4. The molecule has 0 fully saturated rings. The zero-order valence-corrected chi connectivity index (χ0v) is 22.4. The quantitative estimate of drug-likeness (QED) is 0.311. The number of benzene rings is 3. The second kappa shape index (κ2) is 12.6. The van der Waals surface area contributed by atoms with Crippen molar-refractivity contribution in [3.05, 3.63) is 104 Å². The lowest BCUT2D eigenvalue weighted by Gasteiger charge is -2.32. The molecular weight excluding hydrogens is 526 g/mol. The molecule has 0 aliphatic carbocycles. The summed E-state index contributed by atoms with van der Waals surface area (Å²) in [5, 5.41) is 4.56. The van der Waals surface area contributed by atoms with Gasteiger partial charge >= 0.3 is 0 Å². The van der Waals surface area contributed by atoms with Crippen LogP contribution in [0.5, 0.6) is 0 Å². The number of rotatable bonds is 9. The van der Waals surface area contributed by atoms with E-state index >= 15 is 0 Å². The first kappa shape index (κ1) is 27.3. The SMILES string of the molecule is CC(C)NC(=O)C(Cc1ccccc1)N(Cc1c(Cl)cccc1Cl)C(=O)Cc1ccc(Cl)c(Cl)c1. The van der Waals surface area contributed by atoms with Gasteiger partial charge in [-0.3, -0.25) is 9.59 Å². The van der Waals surface area contributed by atoms with Crippen LogP contribution in [0.4, 0.5) is 0 Å². The third-order valence-corrected chi connectivity index (χ3v) is 6.88. The van der Waals surface area contributed by atoms with Crippen LogP contribution >= 0.6 is 46.4 Å². The van der Waals surface area contributed by atoms with E-state index in [0.717, 1.165) is 5.56 Å². The number of halogens is 4. The maximum Gasteiger partial charge on any atom is 0.243 e. The molecule has 0 radical (unpaired) electrons. The highest BCUT2D eigenvalue weighted by atomic mass is 35.5. The van der Waals surface area contributed by atoms with E-state index in [9.17, 15) is 9.59 Å². The molecule has 1 N–H and O–H groups in total. The van der Waals surface area contributed by atoms with Gasteiger partial charge in [0, 0.05) is 34.6 Å². The molecule has 0 saturated carbocycles. The van der Waals surface area contributed by atoms with E-state index in [1.54, 1.807) is 41.3 Å². The minimum Gasteiger partial charge on any atom is -0.352 e. The van der Waals surface area contributed by atoms with Gasteiger partial charge in [-0.2, -0.15) is 0 Å². The third kappa shape index (κ3) is 7.62. The lowest BCUT2D eigenvalue weighted by atomic mass is 10.0. The normalized spacial score (nSPS) is 11.9. The minimum absolute atomic E-state index is 0.0270. The van der Waals surface area contributed by atoms with E-state index < -0.39 is 6.04 Å². The summed E-state index contributed by atoms with van der Waals surface area (Å²) in [6, 6.07) is 18.9. The van der Waals surface area contributed by atoms with Crippen molar-refractivity contribution < 1.29 is 9.59 Å². The summed E-state index contributed by atoms with van der Waals surface area (Å²) in [6.45, 7) is 3.83. The van der Waals surface area contributed by atoms with E-state index in [0.29, 0.717) is 37.6 Å². The van der Waals surface area contributed by atoms with Crippen LogP contribution in [0.2, 0.25) is 20.1 Å². The van der Waals surface area contributed by atoms with Crippen LogP contribution in [-0.2, 0) is 29.0 Å². The first-order valence-corrected chi connectivity index (χ1v) is 12.7. The van der Waals surface area contributed by atoms with Gasteiger partial charge in [0.1, 0.15) is 6.04 Å². The Morgan fingerprint density at radius 1 is 0.800 bits per heavy atom. The Labute approximate surface area is 226 Å². The number of amides is 2. The highest BCUT2D eigenvalue weighted by Gasteiger charge is 2.31. The van der Waals surface area contributed by atoms with Crippen molar-refractivity contribution in [1.82, 2.24) is 10.2 Å². The summed E-state index contributed by atoms with van der Waals surface area (Å²) in [7, 11) is 0. The van der Waals surface area contributed by atoms with Gasteiger partial charge in [0.25, 0.3) is 0 Å². The maximum absolute atomic E-state index is 13.7. The first-order valence-electron chi connectivity index (χ1n) is 11.2. The fourth-order valence-corrected chi connectivity index (χ4v) is 4.55. The van der Waals surface area contributed by atoms with Gasteiger partial charge in [-0.1, -0.05) is 88.9 Å². The van der Waals surface area contributed by atoms with E-state index in [-0.39, 0.29) is 30.8 Å². The van der Waals surface area contributed by atoms with Crippen LogP contribution in [0.15, 0.2) is 66.7 Å². The summed E-state index contributed by atoms with van der Waals surface area (Å²) < 4.78 is 0. The number of nitrogens with one attached hydrogen (secondary N) is 1. The van der Waals surface area contributed by atoms with Crippen LogP contribution in [0, 0.1) is 0 Å². The fraction of sp³-hybridized carbons (Fsp3) is 0.259. The summed E-state index contributed by atoms with van der Waals surface area (Å²) in [5.41, 5.74) is 2.19. The van der Waals surface area contributed by atoms with Gasteiger partial charge in [-0.05, 0) is 49.2 Å². The fourth-order valence-electron chi connectivity index (χ4n) is 3.71. The highest BCUT2D eigenvalue weighted by Crippen LogP contribution is 2.28. The molecule has 1 unspecified atom stereocenters. The standard InChI is InChI=1S/C27H26Cl4N2O2/c1-17(2)32-27(35)25(14-18-7-4-3-5-8-18)33(16-20-21(28)9-6-10-22(20)29)26(34)15-19-11-12-23(30)24(31)13-19/h3-13,17,25H,14-16H2,1-2H3,(H,32,35). The number of nitrogens with zero attached hydrogens (tertiary/aromatic N) is 1. The predicted molar refractivity (Wildman–Crippen MR) is 144 cm³/mol. The Balaban J connectivity index is 2.03. The van der Waals surface area contributed by atoms with Crippen molar-refractivity contribution in [3.63, 3.8) is 0 Å². The van der Waals surface area contributed by atoms with E-state index in [2.05, 4.69) is 5.32 Å². The Morgan fingerprint density at radius 3 is 2.06 bits per heavy atom. The molecule has 2 amide bonds. The van der Waals surface area contributed by atoms with E-state index in [4.69, 9.17) is 46.4 Å². The van der Waals surface area contributed by atoms with Crippen molar-refractivity contribution in [2.45, 2.75) is 45.3 Å². The third-order valence-electron chi connectivity index (χ3n) is 5.43. The van der Waals surface area contributed by atoms with Crippen LogP contribution < -0.4 is 5.32 Å². The Morgan fingerprint density at radius 2 is 1.46 bits per heavy atom. The first-order chi connectivity index (χ1) is 16.7. The van der Waals surface area contributed by atoms with Gasteiger partial charge < -0.3 is 10.2 Å². The van der Waals surface area contributed by atoms with Crippen molar-refractivity contribution in [2.75, 3.05) is 0 Å². The molecule has 1 atom stereocenters. The zero-order chi connectivity index (χ0) is 25.5. The average molecular weight is 552 g/mol.